The number of rotatable bonds is 6. The van der Waals surface area contributed by atoms with E-state index in [0.717, 1.165) is 51.5 Å². The molecule has 2 heterocycles. The van der Waals surface area contributed by atoms with Crippen molar-refractivity contribution in [2.24, 2.45) is 11.7 Å². The number of hydrogen-bond donors (Lipinski definition) is 5. The number of urea groups is 1. The maximum absolute atomic E-state index is 13.0. The number of benzene rings is 1. The molecule has 1 aromatic carbocycles. The van der Waals surface area contributed by atoms with Gasteiger partial charge in [-0.05, 0) is 57.2 Å². The van der Waals surface area contributed by atoms with Gasteiger partial charge in [0.1, 0.15) is 6.04 Å². The zero-order valence-corrected chi connectivity index (χ0v) is 20.0. The van der Waals surface area contributed by atoms with Crippen LogP contribution in [-0.2, 0) is 9.59 Å². The number of ketones is 1. The van der Waals surface area contributed by atoms with Gasteiger partial charge < -0.3 is 31.3 Å². The normalized spacial score (nSPS) is 24.0. The first-order chi connectivity index (χ1) is 17.1. The highest BCUT2D eigenvalue weighted by Gasteiger charge is 2.45. The number of carboxylic acid groups (broad SMARTS) is 3. The number of nitrogens with two attached hydrogens (primary N) is 1. The van der Waals surface area contributed by atoms with Crippen molar-refractivity contribution < 1.29 is 39.3 Å². The van der Waals surface area contributed by atoms with Crippen LogP contribution < -0.4 is 11.1 Å². The minimum Gasteiger partial charge on any atom is -0.480 e. The molecular formula is C25H33N3O8. The highest BCUT2D eigenvalue weighted by atomic mass is 16.4. The Morgan fingerprint density at radius 3 is 1.89 bits per heavy atom. The number of hydrogen-bond acceptors (Lipinski definition) is 6. The number of aromatic carboxylic acids is 2. The molecule has 1 saturated carbocycles. The molecule has 4 rings (SSSR count). The van der Waals surface area contributed by atoms with Crippen LogP contribution in [0.3, 0.4) is 0 Å². The number of amides is 2. The van der Waals surface area contributed by atoms with Gasteiger partial charge in [-0.25, -0.2) is 14.4 Å². The van der Waals surface area contributed by atoms with E-state index in [2.05, 4.69) is 5.32 Å². The van der Waals surface area contributed by atoms with Crippen molar-refractivity contribution in [2.75, 3.05) is 6.54 Å². The van der Waals surface area contributed by atoms with Crippen LogP contribution in [0.5, 0.6) is 0 Å². The van der Waals surface area contributed by atoms with Crippen molar-refractivity contribution in [2.45, 2.75) is 75.9 Å². The summed E-state index contributed by atoms with van der Waals surface area (Å²) in [6.07, 6.45) is 6.99. The Balaban J connectivity index is 0.000000383. The Labute approximate surface area is 208 Å². The second-order valence-corrected chi connectivity index (χ2v) is 9.46. The summed E-state index contributed by atoms with van der Waals surface area (Å²) in [4.78, 5) is 60.0. The predicted octanol–water partition coefficient (Wildman–Crippen LogP) is 2.64. The zero-order valence-electron chi connectivity index (χ0n) is 20.0. The summed E-state index contributed by atoms with van der Waals surface area (Å²) in [7, 11) is 0. The SMILES string of the molecule is NC(=O)N1C(C(=O)C2CCCCC2)CCC1c1c(C(=O)O)cccc1C(=O)O.O=C(O)[C@@H]1CCCN1. The summed E-state index contributed by atoms with van der Waals surface area (Å²) in [5.41, 5.74) is 5.22. The van der Waals surface area contributed by atoms with Crippen LogP contribution in [0.1, 0.15) is 90.1 Å². The lowest BCUT2D eigenvalue weighted by Gasteiger charge is -2.32. The van der Waals surface area contributed by atoms with Crippen molar-refractivity contribution in [3.63, 3.8) is 0 Å². The predicted molar refractivity (Wildman–Crippen MR) is 128 cm³/mol. The van der Waals surface area contributed by atoms with E-state index < -0.39 is 36.0 Å². The van der Waals surface area contributed by atoms with E-state index in [1.54, 1.807) is 0 Å². The van der Waals surface area contributed by atoms with Crippen LogP contribution in [0.25, 0.3) is 0 Å². The molecule has 11 heteroatoms. The number of carboxylic acids is 3. The number of primary amides is 1. The smallest absolute Gasteiger partial charge is 0.336 e. The van der Waals surface area contributed by atoms with E-state index in [1.165, 1.54) is 23.1 Å². The van der Waals surface area contributed by atoms with Crippen LogP contribution >= 0.6 is 0 Å². The number of carbonyl (C=O) groups excluding carboxylic acids is 2. The molecule has 2 unspecified atom stereocenters. The van der Waals surface area contributed by atoms with Crippen molar-refractivity contribution in [1.82, 2.24) is 10.2 Å². The van der Waals surface area contributed by atoms with Crippen LogP contribution in [-0.4, -0.2) is 68.6 Å². The van der Waals surface area contributed by atoms with Crippen LogP contribution in [0.2, 0.25) is 0 Å². The van der Waals surface area contributed by atoms with Gasteiger partial charge in [0.05, 0.1) is 23.2 Å². The van der Waals surface area contributed by atoms with Crippen molar-refractivity contribution >= 4 is 29.7 Å². The molecule has 1 aliphatic carbocycles. The minimum atomic E-state index is -1.29. The molecule has 2 aliphatic heterocycles. The second kappa shape index (κ2) is 12.0. The third-order valence-corrected chi connectivity index (χ3v) is 7.23. The van der Waals surface area contributed by atoms with Gasteiger partial charge in [-0.1, -0.05) is 25.3 Å². The van der Waals surface area contributed by atoms with Gasteiger partial charge >= 0.3 is 23.9 Å². The first-order valence-corrected chi connectivity index (χ1v) is 12.3. The Hall–Kier alpha value is -3.47. The molecule has 0 radical (unpaired) electrons. The first kappa shape index (κ1) is 27.1. The Morgan fingerprint density at radius 1 is 0.833 bits per heavy atom. The van der Waals surface area contributed by atoms with Gasteiger partial charge in [0.2, 0.25) is 0 Å². The average Bonchev–Trinajstić information content (AvgIpc) is 3.54. The minimum absolute atomic E-state index is 0.0280. The van der Waals surface area contributed by atoms with Crippen molar-refractivity contribution in [3.05, 3.63) is 34.9 Å². The summed E-state index contributed by atoms with van der Waals surface area (Å²) in [5, 5.41) is 30.3. The van der Waals surface area contributed by atoms with Crippen LogP contribution in [0.15, 0.2) is 18.2 Å². The fraction of sp³-hybridized carbons (Fsp3) is 0.560. The van der Waals surface area contributed by atoms with E-state index in [9.17, 15) is 34.2 Å². The number of nitrogens with one attached hydrogen (secondary N) is 1. The lowest BCUT2D eigenvalue weighted by Crippen LogP contribution is -2.47. The average molecular weight is 504 g/mol. The maximum atomic E-state index is 13.0. The fourth-order valence-corrected chi connectivity index (χ4v) is 5.53. The molecule has 0 spiro atoms. The standard InChI is InChI=1S/C20H24N2O6.C5H9NO2/c21-20(28)22-14(9-10-15(22)17(23)11-5-2-1-3-6-11)16-12(18(24)25)7-4-8-13(16)19(26)27;7-5(8)4-2-1-3-6-4/h4,7-8,11,14-15H,1-3,5-6,9-10H2,(H2,21,28)(H,24,25)(H,26,27);4,6H,1-3H2,(H,7,8)/t;4-/m.0/s1. The summed E-state index contributed by atoms with van der Waals surface area (Å²) in [6.45, 7) is 0.858. The number of aliphatic carboxylic acids is 1. The highest BCUT2D eigenvalue weighted by molar-refractivity contribution is 5.98. The molecule has 196 valence electrons. The van der Waals surface area contributed by atoms with Crippen molar-refractivity contribution in [3.8, 4) is 0 Å². The van der Waals surface area contributed by atoms with Crippen LogP contribution in [0, 0.1) is 5.92 Å². The van der Waals surface area contributed by atoms with Gasteiger partial charge in [-0.2, -0.15) is 0 Å². The summed E-state index contributed by atoms with van der Waals surface area (Å²) in [6, 6.07) is 1.26. The highest BCUT2D eigenvalue weighted by Crippen LogP contribution is 2.41. The number of carbonyl (C=O) groups is 5. The van der Waals surface area contributed by atoms with E-state index in [1.807, 2.05) is 0 Å². The molecular weight excluding hydrogens is 470 g/mol. The fourth-order valence-electron chi connectivity index (χ4n) is 5.53. The van der Waals surface area contributed by atoms with E-state index in [-0.39, 0.29) is 40.9 Å². The van der Waals surface area contributed by atoms with E-state index >= 15 is 0 Å². The zero-order chi connectivity index (χ0) is 26.4. The number of Topliss-reactive ketones (excluding diaryl/α,β-unsaturated/α-hetero) is 1. The second-order valence-electron chi connectivity index (χ2n) is 9.46. The molecule has 6 N–H and O–H groups in total. The van der Waals surface area contributed by atoms with E-state index in [4.69, 9.17) is 10.8 Å². The Kier molecular flexibility index (Phi) is 9.03. The number of likely N-dealkylation sites (tertiary alicyclic amines) is 1. The van der Waals surface area contributed by atoms with E-state index in [0.29, 0.717) is 6.42 Å². The van der Waals surface area contributed by atoms with Gasteiger partial charge in [0, 0.05) is 11.5 Å². The quantitative estimate of drug-likeness (QED) is 0.389. The number of nitrogens with zero attached hydrogens (tertiary/aromatic N) is 1. The summed E-state index contributed by atoms with van der Waals surface area (Å²) >= 11 is 0. The Morgan fingerprint density at radius 2 is 1.44 bits per heavy atom. The summed E-state index contributed by atoms with van der Waals surface area (Å²) < 4.78 is 0. The monoisotopic (exact) mass is 503 g/mol. The molecule has 3 fully saturated rings. The molecule has 2 saturated heterocycles. The maximum Gasteiger partial charge on any atom is 0.336 e. The topological polar surface area (TPSA) is 187 Å². The largest absolute Gasteiger partial charge is 0.480 e. The molecule has 2 amide bonds. The van der Waals surface area contributed by atoms with Crippen molar-refractivity contribution in [1.29, 1.82) is 0 Å². The molecule has 3 atom stereocenters. The molecule has 1 aromatic rings. The van der Waals surface area contributed by atoms with Crippen LogP contribution in [0.4, 0.5) is 4.79 Å². The van der Waals surface area contributed by atoms with Gasteiger partial charge in [-0.3, -0.25) is 9.59 Å². The lowest BCUT2D eigenvalue weighted by atomic mass is 9.83. The lowest BCUT2D eigenvalue weighted by molar-refractivity contribution is -0.139. The van der Waals surface area contributed by atoms with Gasteiger partial charge in [-0.15, -0.1) is 0 Å². The van der Waals surface area contributed by atoms with Gasteiger partial charge in [0.15, 0.2) is 5.78 Å². The third-order valence-electron chi connectivity index (χ3n) is 7.23. The third kappa shape index (κ3) is 6.01. The summed E-state index contributed by atoms with van der Waals surface area (Å²) in [5.74, 6) is -3.48. The molecule has 0 bridgehead atoms. The molecule has 3 aliphatic rings. The Bertz CT molecular complexity index is 982. The first-order valence-electron chi connectivity index (χ1n) is 12.3. The molecule has 0 aromatic heterocycles. The molecule has 36 heavy (non-hydrogen) atoms. The van der Waals surface area contributed by atoms with Gasteiger partial charge in [0.25, 0.3) is 0 Å². The molecule has 11 nitrogen and oxygen atoms in total.